The van der Waals surface area contributed by atoms with Gasteiger partial charge >= 0.3 is 0 Å². The Bertz CT molecular complexity index is 912. The van der Waals surface area contributed by atoms with Crippen molar-refractivity contribution in [1.29, 1.82) is 0 Å². The van der Waals surface area contributed by atoms with Gasteiger partial charge in [-0.3, -0.25) is 0 Å². The van der Waals surface area contributed by atoms with Crippen LogP contribution < -0.4 is 11.5 Å². The van der Waals surface area contributed by atoms with Gasteiger partial charge in [0, 0.05) is 16.0 Å². The summed E-state index contributed by atoms with van der Waals surface area (Å²) in [5, 5.41) is 11.5. The highest BCUT2D eigenvalue weighted by Crippen LogP contribution is 2.41. The summed E-state index contributed by atoms with van der Waals surface area (Å²) in [6.07, 6.45) is 0. The van der Waals surface area contributed by atoms with E-state index in [1.54, 1.807) is 12.1 Å². The van der Waals surface area contributed by atoms with Gasteiger partial charge in [0.25, 0.3) is 0 Å². The van der Waals surface area contributed by atoms with E-state index >= 15 is 0 Å². The quantitative estimate of drug-likeness (QED) is 0.629. The summed E-state index contributed by atoms with van der Waals surface area (Å²) < 4.78 is 0. The molecule has 0 saturated carbocycles. The molecule has 0 atom stereocenters. The summed E-state index contributed by atoms with van der Waals surface area (Å²) in [6.45, 7) is 1.86. The lowest BCUT2D eigenvalue weighted by molar-refractivity contribution is 0.477. The Morgan fingerprint density at radius 2 is 1.77 bits per heavy atom. The second kappa shape index (κ2) is 5.19. The zero-order valence-corrected chi connectivity index (χ0v) is 13.1. The molecule has 0 fully saturated rings. The van der Waals surface area contributed by atoms with Crippen molar-refractivity contribution in [3.05, 3.63) is 39.9 Å². The molecule has 5 N–H and O–H groups in total. The maximum Gasteiger partial charge on any atom is 0.222 e. The smallest absolute Gasteiger partial charge is 0.222 e. The van der Waals surface area contributed by atoms with Crippen molar-refractivity contribution >= 4 is 45.9 Å². The summed E-state index contributed by atoms with van der Waals surface area (Å²) in [5.74, 6) is 0.365. The maximum absolute atomic E-state index is 10.2. The second-order valence-electron chi connectivity index (χ2n) is 4.88. The molecular weight excluding hydrogens is 323 g/mol. The Kier molecular flexibility index (Phi) is 3.47. The van der Waals surface area contributed by atoms with E-state index in [9.17, 15) is 5.11 Å². The molecule has 0 aliphatic heterocycles. The van der Waals surface area contributed by atoms with E-state index in [4.69, 9.17) is 34.7 Å². The number of anilines is 2. The number of fused-ring (bicyclic) bond motifs is 1. The number of aromatic hydroxyl groups is 1. The Hall–Kier alpha value is -2.24. The molecule has 0 amide bonds. The average molecular weight is 335 g/mol. The molecule has 0 saturated heterocycles. The number of hydrogen-bond acceptors (Lipinski definition) is 5. The molecule has 5 nitrogen and oxygen atoms in total. The van der Waals surface area contributed by atoms with E-state index in [0.29, 0.717) is 21.5 Å². The van der Waals surface area contributed by atoms with E-state index in [-0.39, 0.29) is 22.5 Å². The van der Waals surface area contributed by atoms with E-state index < -0.39 is 0 Å². The first-order valence-electron chi connectivity index (χ1n) is 6.39. The fourth-order valence-corrected chi connectivity index (χ4v) is 3.00. The molecule has 0 spiro atoms. The normalized spacial score (nSPS) is 11.0. The predicted octanol–water partition coefficient (Wildman–Crippen LogP) is 3.78. The van der Waals surface area contributed by atoms with Gasteiger partial charge in [0.2, 0.25) is 5.95 Å². The van der Waals surface area contributed by atoms with Crippen molar-refractivity contribution in [2.75, 3.05) is 11.5 Å². The molecule has 0 radical (unpaired) electrons. The molecule has 3 rings (SSSR count). The van der Waals surface area contributed by atoms with Crippen LogP contribution in [0.5, 0.6) is 5.75 Å². The maximum atomic E-state index is 10.2. The molecule has 1 heterocycles. The first kappa shape index (κ1) is 14.7. The van der Waals surface area contributed by atoms with Gasteiger partial charge in [0.15, 0.2) is 0 Å². The van der Waals surface area contributed by atoms with Crippen LogP contribution in [0.3, 0.4) is 0 Å². The van der Waals surface area contributed by atoms with E-state index in [0.717, 1.165) is 11.1 Å². The highest BCUT2D eigenvalue weighted by atomic mass is 35.5. The van der Waals surface area contributed by atoms with E-state index in [2.05, 4.69) is 9.97 Å². The lowest BCUT2D eigenvalue weighted by atomic mass is 9.96. The van der Waals surface area contributed by atoms with Crippen LogP contribution in [0.4, 0.5) is 11.8 Å². The Morgan fingerprint density at radius 3 is 2.50 bits per heavy atom. The monoisotopic (exact) mass is 334 g/mol. The summed E-state index contributed by atoms with van der Waals surface area (Å²) in [5.41, 5.74) is 14.3. The number of rotatable bonds is 1. The van der Waals surface area contributed by atoms with Gasteiger partial charge in [-0.05, 0) is 36.2 Å². The molecule has 0 bridgehead atoms. The topological polar surface area (TPSA) is 98.0 Å². The molecule has 22 heavy (non-hydrogen) atoms. The van der Waals surface area contributed by atoms with Crippen LogP contribution in [-0.2, 0) is 0 Å². The van der Waals surface area contributed by atoms with E-state index in [1.807, 2.05) is 13.0 Å². The van der Waals surface area contributed by atoms with Gasteiger partial charge in [-0.2, -0.15) is 4.98 Å². The van der Waals surface area contributed by atoms with Crippen LogP contribution in [-0.4, -0.2) is 15.1 Å². The Labute approximate surface area is 136 Å². The van der Waals surface area contributed by atoms with Gasteiger partial charge in [-0.25, -0.2) is 4.98 Å². The molecule has 112 valence electrons. The van der Waals surface area contributed by atoms with Crippen LogP contribution in [0.15, 0.2) is 24.3 Å². The number of aromatic nitrogens is 2. The summed E-state index contributed by atoms with van der Waals surface area (Å²) >= 11 is 12.0. The molecule has 1 aromatic heterocycles. The Morgan fingerprint density at radius 1 is 1.05 bits per heavy atom. The molecule has 2 aromatic carbocycles. The number of nitrogens with two attached hydrogens (primary N) is 2. The van der Waals surface area contributed by atoms with E-state index in [1.165, 1.54) is 6.07 Å². The molecule has 0 aliphatic carbocycles. The van der Waals surface area contributed by atoms with Crippen molar-refractivity contribution in [2.45, 2.75) is 6.92 Å². The van der Waals surface area contributed by atoms with Crippen LogP contribution in [0.2, 0.25) is 10.0 Å². The zero-order chi connectivity index (χ0) is 16.0. The lowest BCUT2D eigenvalue weighted by Gasteiger charge is -2.13. The number of hydrogen-bond donors (Lipinski definition) is 3. The number of nitrogen functional groups attached to an aromatic ring is 2. The number of aryl methyl sites for hydroxylation is 1. The SMILES string of the molecule is Cc1c(-c2cc(Cl)cc(Cl)c2O)ccc2nc(N)nc(N)c12. The fourth-order valence-electron chi connectivity index (χ4n) is 2.50. The van der Waals surface area contributed by atoms with Crippen LogP contribution in [0.1, 0.15) is 5.56 Å². The number of phenolic OH excluding ortho intramolecular Hbond substituents is 1. The van der Waals surface area contributed by atoms with Crippen molar-refractivity contribution in [3.63, 3.8) is 0 Å². The third-order valence-corrected chi connectivity index (χ3v) is 3.99. The van der Waals surface area contributed by atoms with Crippen LogP contribution in [0.25, 0.3) is 22.0 Å². The number of halogens is 2. The molecule has 0 unspecified atom stereocenters. The van der Waals surface area contributed by atoms with Crippen LogP contribution in [0, 0.1) is 6.92 Å². The first-order valence-corrected chi connectivity index (χ1v) is 7.14. The summed E-state index contributed by atoms with van der Waals surface area (Å²) in [6, 6.07) is 6.70. The third-order valence-electron chi connectivity index (χ3n) is 3.49. The van der Waals surface area contributed by atoms with Gasteiger partial charge in [-0.1, -0.05) is 29.3 Å². The number of nitrogens with zero attached hydrogens (tertiary/aromatic N) is 2. The lowest BCUT2D eigenvalue weighted by Crippen LogP contribution is -2.02. The van der Waals surface area contributed by atoms with Crippen molar-refractivity contribution in [2.24, 2.45) is 0 Å². The van der Waals surface area contributed by atoms with Gasteiger partial charge in [0.05, 0.1) is 10.5 Å². The van der Waals surface area contributed by atoms with Gasteiger partial charge in [0.1, 0.15) is 11.6 Å². The second-order valence-corrected chi connectivity index (χ2v) is 5.73. The van der Waals surface area contributed by atoms with Crippen molar-refractivity contribution in [3.8, 4) is 16.9 Å². The summed E-state index contributed by atoms with van der Waals surface area (Å²) in [4.78, 5) is 8.15. The van der Waals surface area contributed by atoms with Gasteiger partial charge < -0.3 is 16.6 Å². The van der Waals surface area contributed by atoms with Crippen molar-refractivity contribution in [1.82, 2.24) is 9.97 Å². The summed E-state index contributed by atoms with van der Waals surface area (Å²) in [7, 11) is 0. The van der Waals surface area contributed by atoms with Crippen LogP contribution >= 0.6 is 23.2 Å². The first-order chi connectivity index (χ1) is 10.4. The van der Waals surface area contributed by atoms with Gasteiger partial charge in [-0.15, -0.1) is 0 Å². The average Bonchev–Trinajstić information content (AvgIpc) is 2.42. The standard InChI is InChI=1S/C15H12Cl2N4O/c1-6-8(9-4-7(16)5-10(17)13(9)22)2-3-11-12(6)14(18)21-15(19)20-11/h2-5,22H,1H3,(H4,18,19,20,21). The number of phenols is 1. The molecular formula is C15H12Cl2N4O. The Balaban J connectivity index is 2.36. The zero-order valence-electron chi connectivity index (χ0n) is 11.6. The third kappa shape index (κ3) is 2.28. The fraction of sp³-hybridized carbons (Fsp3) is 0.0667. The molecule has 0 aliphatic rings. The number of benzene rings is 2. The minimum Gasteiger partial charge on any atom is -0.506 e. The van der Waals surface area contributed by atoms with Crippen molar-refractivity contribution < 1.29 is 5.11 Å². The highest BCUT2D eigenvalue weighted by Gasteiger charge is 2.16. The highest BCUT2D eigenvalue weighted by molar-refractivity contribution is 6.36. The molecule has 7 heteroatoms. The largest absolute Gasteiger partial charge is 0.506 e. The molecule has 3 aromatic rings. The minimum absolute atomic E-state index is 0.0385. The predicted molar refractivity (Wildman–Crippen MR) is 90.2 cm³/mol. The minimum atomic E-state index is -0.0385.